The zero-order chi connectivity index (χ0) is 16.1. The minimum atomic E-state index is -3.78. The van der Waals surface area contributed by atoms with Gasteiger partial charge in [0.05, 0.1) is 11.2 Å². The Hall–Kier alpha value is -2.28. The molecule has 0 aliphatic carbocycles. The summed E-state index contributed by atoms with van der Waals surface area (Å²) in [7, 11) is -3.78. The number of benzene rings is 1. The normalized spacial score (nSPS) is 17.1. The first kappa shape index (κ1) is 14.6. The Morgan fingerprint density at radius 2 is 2.05 bits per heavy atom. The van der Waals surface area contributed by atoms with Gasteiger partial charge in [0.2, 0.25) is 14.9 Å². The van der Waals surface area contributed by atoms with Gasteiger partial charge in [-0.05, 0) is 43.2 Å². The summed E-state index contributed by atoms with van der Waals surface area (Å²) in [5, 5.41) is 8.93. The Bertz CT molecular complexity index is 849. The molecule has 0 saturated carbocycles. The highest BCUT2D eigenvalue weighted by Crippen LogP contribution is 2.38. The fourth-order valence-electron chi connectivity index (χ4n) is 2.57. The van der Waals surface area contributed by atoms with Crippen LogP contribution in [0.2, 0.25) is 0 Å². The van der Waals surface area contributed by atoms with Crippen molar-refractivity contribution in [2.45, 2.75) is 36.4 Å². The molecule has 1 aromatic carbocycles. The average molecular weight is 322 g/mol. The molecule has 0 fully saturated rings. The van der Waals surface area contributed by atoms with Gasteiger partial charge in [0.25, 0.3) is 0 Å². The number of carboxylic acids is 1. The number of ether oxygens (including phenoxy) is 1. The molecule has 116 valence electrons. The van der Waals surface area contributed by atoms with Crippen molar-refractivity contribution < 1.29 is 27.5 Å². The van der Waals surface area contributed by atoms with Gasteiger partial charge in [-0.15, -0.1) is 0 Å². The fraction of sp³-hybridized carbons (Fsp3) is 0.267. The molecule has 2 aromatic rings. The number of sulfone groups is 1. The number of furan rings is 1. The average Bonchev–Trinajstić information content (AvgIpc) is 3.11. The Balaban J connectivity index is 2.16. The van der Waals surface area contributed by atoms with E-state index >= 15 is 0 Å². The van der Waals surface area contributed by atoms with Gasteiger partial charge in [0.1, 0.15) is 5.75 Å². The molecule has 1 unspecified atom stereocenters. The van der Waals surface area contributed by atoms with Crippen molar-refractivity contribution in [2.24, 2.45) is 0 Å². The number of aliphatic carboxylic acids is 1. The maximum atomic E-state index is 12.6. The van der Waals surface area contributed by atoms with Gasteiger partial charge in [-0.3, -0.25) is 0 Å². The van der Waals surface area contributed by atoms with Crippen LogP contribution in [0, 0.1) is 13.8 Å². The molecule has 22 heavy (non-hydrogen) atoms. The number of rotatable bonds is 3. The minimum Gasteiger partial charge on any atom is -0.478 e. The summed E-state index contributed by atoms with van der Waals surface area (Å²) in [5.41, 5.74) is 1.74. The molecule has 0 spiro atoms. The largest absolute Gasteiger partial charge is 0.478 e. The summed E-state index contributed by atoms with van der Waals surface area (Å²) >= 11 is 0. The zero-order valence-electron chi connectivity index (χ0n) is 12.0. The van der Waals surface area contributed by atoms with Crippen molar-refractivity contribution in [3.05, 3.63) is 41.2 Å². The van der Waals surface area contributed by atoms with Crippen molar-refractivity contribution in [3.63, 3.8) is 0 Å². The number of hydrogen-bond acceptors (Lipinski definition) is 5. The summed E-state index contributed by atoms with van der Waals surface area (Å²) in [5.74, 6) is -0.605. The van der Waals surface area contributed by atoms with Crippen LogP contribution in [0.15, 0.2) is 38.9 Å². The lowest BCUT2D eigenvalue weighted by molar-refractivity contribution is -0.144. The van der Waals surface area contributed by atoms with Crippen molar-refractivity contribution >= 4 is 15.8 Å². The minimum absolute atomic E-state index is 0.119. The van der Waals surface area contributed by atoms with E-state index < -0.39 is 21.9 Å². The van der Waals surface area contributed by atoms with Gasteiger partial charge < -0.3 is 14.3 Å². The van der Waals surface area contributed by atoms with Crippen LogP contribution < -0.4 is 4.74 Å². The molecular formula is C15H14O6S. The van der Waals surface area contributed by atoms with Gasteiger partial charge >= 0.3 is 5.97 Å². The first-order valence-electron chi connectivity index (χ1n) is 6.63. The molecule has 1 aromatic heterocycles. The highest BCUT2D eigenvalue weighted by atomic mass is 32.2. The second-order valence-corrected chi connectivity index (χ2v) is 7.05. The van der Waals surface area contributed by atoms with E-state index in [9.17, 15) is 13.2 Å². The summed E-state index contributed by atoms with van der Waals surface area (Å²) in [6, 6.07) is 4.37. The number of carbonyl (C=O) groups is 1. The van der Waals surface area contributed by atoms with Gasteiger partial charge in [-0.1, -0.05) is 0 Å². The zero-order valence-corrected chi connectivity index (χ0v) is 12.8. The van der Waals surface area contributed by atoms with Crippen LogP contribution in [0.5, 0.6) is 5.75 Å². The van der Waals surface area contributed by atoms with Crippen molar-refractivity contribution in [1.82, 2.24) is 0 Å². The van der Waals surface area contributed by atoms with E-state index in [2.05, 4.69) is 0 Å². The van der Waals surface area contributed by atoms with Crippen LogP contribution in [0.1, 0.15) is 16.7 Å². The predicted molar refractivity (Wildman–Crippen MR) is 75.8 cm³/mol. The van der Waals surface area contributed by atoms with E-state index in [0.29, 0.717) is 22.4 Å². The Kier molecular flexibility index (Phi) is 3.25. The third kappa shape index (κ3) is 2.09. The molecule has 0 bridgehead atoms. The Labute approximate surface area is 127 Å². The van der Waals surface area contributed by atoms with E-state index in [-0.39, 0.29) is 16.4 Å². The molecular weight excluding hydrogens is 308 g/mol. The topological polar surface area (TPSA) is 93.8 Å². The molecule has 1 aliphatic rings. The first-order chi connectivity index (χ1) is 10.3. The molecule has 0 saturated heterocycles. The number of carboxylic acid groups (broad SMARTS) is 1. The first-order valence-corrected chi connectivity index (χ1v) is 8.12. The molecule has 7 heteroatoms. The quantitative estimate of drug-likeness (QED) is 0.930. The number of hydrogen-bond donors (Lipinski definition) is 1. The van der Waals surface area contributed by atoms with E-state index in [0.717, 1.165) is 0 Å². The van der Waals surface area contributed by atoms with E-state index in [1.54, 1.807) is 13.8 Å². The summed E-state index contributed by atoms with van der Waals surface area (Å²) in [6.07, 6.45) is 0.466. The standard InChI is InChI=1S/C15H14O6S/c1-8-9(2)14-10(6-11(21-14)15(16)17)7-12(8)22(18,19)13-4-3-5-20-13/h3-5,7,11H,6H2,1-2H3,(H,16,17). The highest BCUT2D eigenvalue weighted by molar-refractivity contribution is 7.91. The van der Waals surface area contributed by atoms with Gasteiger partial charge in [-0.25, -0.2) is 13.2 Å². The maximum absolute atomic E-state index is 12.6. The lowest BCUT2D eigenvalue weighted by Gasteiger charge is -2.12. The SMILES string of the molecule is Cc1c(S(=O)(=O)c2ccco2)cc2c(c1C)OC(C(=O)O)C2. The van der Waals surface area contributed by atoms with E-state index in [1.807, 2.05) is 0 Å². The molecule has 1 aliphatic heterocycles. The van der Waals surface area contributed by atoms with Crippen molar-refractivity contribution in [1.29, 1.82) is 0 Å². The third-order valence-corrected chi connectivity index (χ3v) is 5.63. The van der Waals surface area contributed by atoms with Crippen LogP contribution in [-0.4, -0.2) is 25.6 Å². The second-order valence-electron chi connectivity index (χ2n) is 5.20. The van der Waals surface area contributed by atoms with E-state index in [4.69, 9.17) is 14.3 Å². The van der Waals surface area contributed by atoms with Crippen LogP contribution in [0.3, 0.4) is 0 Å². The highest BCUT2D eigenvalue weighted by Gasteiger charge is 2.34. The molecule has 1 N–H and O–H groups in total. The van der Waals surface area contributed by atoms with Gasteiger partial charge in [0.15, 0.2) is 6.10 Å². The van der Waals surface area contributed by atoms with Crippen LogP contribution in [-0.2, 0) is 21.1 Å². The van der Waals surface area contributed by atoms with Crippen LogP contribution >= 0.6 is 0 Å². The monoisotopic (exact) mass is 322 g/mol. The lowest BCUT2D eigenvalue weighted by atomic mass is 10.0. The lowest BCUT2D eigenvalue weighted by Crippen LogP contribution is -2.24. The van der Waals surface area contributed by atoms with Gasteiger partial charge in [0, 0.05) is 12.0 Å². The number of fused-ring (bicyclic) bond motifs is 1. The molecule has 2 heterocycles. The smallest absolute Gasteiger partial charge is 0.345 e. The second kappa shape index (κ2) is 4.88. The predicted octanol–water partition coefficient (Wildman–Crippen LogP) is 2.12. The molecule has 3 rings (SSSR count). The van der Waals surface area contributed by atoms with Gasteiger partial charge in [-0.2, -0.15) is 0 Å². The Morgan fingerprint density at radius 1 is 1.32 bits per heavy atom. The maximum Gasteiger partial charge on any atom is 0.345 e. The summed E-state index contributed by atoms with van der Waals surface area (Å²) in [6.45, 7) is 3.39. The van der Waals surface area contributed by atoms with E-state index in [1.165, 1.54) is 24.5 Å². The van der Waals surface area contributed by atoms with Crippen LogP contribution in [0.25, 0.3) is 0 Å². The summed E-state index contributed by atoms with van der Waals surface area (Å²) < 4.78 is 35.7. The molecule has 0 amide bonds. The third-order valence-electron chi connectivity index (χ3n) is 3.86. The fourth-order valence-corrected chi connectivity index (χ4v) is 4.08. The van der Waals surface area contributed by atoms with Crippen molar-refractivity contribution in [3.8, 4) is 5.75 Å². The van der Waals surface area contributed by atoms with Crippen LogP contribution in [0.4, 0.5) is 0 Å². The molecule has 0 radical (unpaired) electrons. The molecule has 1 atom stereocenters. The molecule has 6 nitrogen and oxygen atoms in total. The Morgan fingerprint density at radius 3 is 2.64 bits per heavy atom. The summed E-state index contributed by atoms with van der Waals surface area (Å²) in [4.78, 5) is 11.2. The van der Waals surface area contributed by atoms with Crippen molar-refractivity contribution in [2.75, 3.05) is 0 Å².